The van der Waals surface area contributed by atoms with E-state index in [0.29, 0.717) is 29.4 Å². The summed E-state index contributed by atoms with van der Waals surface area (Å²) < 4.78 is 1.81. The number of piperazine rings is 1. The molecular weight excluding hydrogens is 484 g/mol. The highest BCUT2D eigenvalue weighted by molar-refractivity contribution is 5.83. The number of nitriles is 1. The summed E-state index contributed by atoms with van der Waals surface area (Å²) in [5.74, 6) is 2.13. The van der Waals surface area contributed by atoms with Crippen molar-refractivity contribution in [3.63, 3.8) is 0 Å². The Morgan fingerprint density at radius 2 is 2.03 bits per heavy atom. The van der Waals surface area contributed by atoms with Gasteiger partial charge in [0.2, 0.25) is 12.3 Å². The van der Waals surface area contributed by atoms with Gasteiger partial charge in [-0.3, -0.25) is 9.59 Å². The molecule has 0 aromatic carbocycles. The number of hydrogen-bond donors (Lipinski definition) is 3. The van der Waals surface area contributed by atoms with Gasteiger partial charge in [0.05, 0.1) is 18.3 Å². The molecule has 0 unspecified atom stereocenters. The molecule has 3 N–H and O–H groups in total. The minimum Gasteiger partial charge on any atom is -0.367 e. The Hall–Kier alpha value is -4.66. The molecule has 0 bridgehead atoms. The fourth-order valence-electron chi connectivity index (χ4n) is 4.65. The standard InChI is InChI=1S/C26H30N10O2/c1-18(31-24(38)16-28-17-37)12-20-15-30-36-23(32-21-5-2-6-21)13-22(33-26(20)36)34-8-10-35(11-9-34)25-19(14-27)4-3-7-29-25/h3-4,7,12-13,15,17,21,32H,2,5-6,8-11,16H2,1H3,(H,28,37)(H,31,38)/b18-12-. The van der Waals surface area contributed by atoms with Gasteiger partial charge in [-0.2, -0.15) is 14.9 Å². The molecule has 2 amide bonds. The Bertz CT molecular complexity index is 1400. The van der Waals surface area contributed by atoms with Crippen LogP contribution in [0.25, 0.3) is 11.7 Å². The summed E-state index contributed by atoms with van der Waals surface area (Å²) in [7, 11) is 0. The van der Waals surface area contributed by atoms with Crippen LogP contribution in [0.2, 0.25) is 0 Å². The lowest BCUT2D eigenvalue weighted by atomic mass is 9.93. The van der Waals surface area contributed by atoms with E-state index < -0.39 is 0 Å². The molecule has 0 radical (unpaired) electrons. The van der Waals surface area contributed by atoms with E-state index in [0.717, 1.165) is 62.0 Å². The average Bonchev–Trinajstić information content (AvgIpc) is 3.31. The van der Waals surface area contributed by atoms with E-state index in [9.17, 15) is 14.9 Å². The first-order chi connectivity index (χ1) is 18.6. The second kappa shape index (κ2) is 11.2. The van der Waals surface area contributed by atoms with Crippen LogP contribution in [0, 0.1) is 11.3 Å². The van der Waals surface area contributed by atoms with Crippen molar-refractivity contribution in [3.8, 4) is 6.07 Å². The van der Waals surface area contributed by atoms with E-state index in [1.165, 1.54) is 6.42 Å². The molecule has 38 heavy (non-hydrogen) atoms. The zero-order valence-corrected chi connectivity index (χ0v) is 21.2. The smallest absolute Gasteiger partial charge is 0.243 e. The number of fused-ring (bicyclic) bond motifs is 1. The molecule has 5 rings (SSSR count). The van der Waals surface area contributed by atoms with Crippen LogP contribution < -0.4 is 25.8 Å². The van der Waals surface area contributed by atoms with Crippen LogP contribution in [0.3, 0.4) is 0 Å². The molecule has 1 aliphatic heterocycles. The second-order valence-electron chi connectivity index (χ2n) is 9.44. The molecule has 0 spiro atoms. The monoisotopic (exact) mass is 514 g/mol. The number of aromatic nitrogens is 4. The summed E-state index contributed by atoms with van der Waals surface area (Å²) in [5, 5.41) is 22.8. The van der Waals surface area contributed by atoms with Gasteiger partial charge < -0.3 is 25.8 Å². The van der Waals surface area contributed by atoms with Crippen LogP contribution >= 0.6 is 0 Å². The van der Waals surface area contributed by atoms with Gasteiger partial charge in [0.1, 0.15) is 23.5 Å². The quantitative estimate of drug-likeness (QED) is 0.362. The van der Waals surface area contributed by atoms with Gasteiger partial charge >= 0.3 is 0 Å². The van der Waals surface area contributed by atoms with Gasteiger partial charge in [-0.1, -0.05) is 0 Å². The van der Waals surface area contributed by atoms with Crippen molar-refractivity contribution in [1.29, 1.82) is 5.26 Å². The molecular formula is C26H30N10O2. The van der Waals surface area contributed by atoms with Crippen LogP contribution in [0.1, 0.15) is 37.3 Å². The van der Waals surface area contributed by atoms with Crippen LogP contribution in [0.5, 0.6) is 0 Å². The fraction of sp³-hybridized carbons (Fsp3) is 0.385. The van der Waals surface area contributed by atoms with Gasteiger partial charge in [-0.15, -0.1) is 0 Å². The van der Waals surface area contributed by atoms with Crippen molar-refractivity contribution >= 4 is 41.5 Å². The number of nitrogens with one attached hydrogen (secondary N) is 3. The van der Waals surface area contributed by atoms with Gasteiger partial charge in [-0.25, -0.2) is 9.97 Å². The van der Waals surface area contributed by atoms with E-state index in [1.54, 1.807) is 36.0 Å². The lowest BCUT2D eigenvalue weighted by Gasteiger charge is -2.36. The Balaban J connectivity index is 1.40. The summed E-state index contributed by atoms with van der Waals surface area (Å²) >= 11 is 0. The van der Waals surface area contributed by atoms with Crippen molar-refractivity contribution in [2.45, 2.75) is 32.2 Å². The zero-order chi connectivity index (χ0) is 26.5. The van der Waals surface area contributed by atoms with E-state index in [1.807, 2.05) is 12.1 Å². The largest absolute Gasteiger partial charge is 0.367 e. The first-order valence-electron chi connectivity index (χ1n) is 12.7. The molecule has 4 heterocycles. The number of amides is 2. The molecule has 2 fully saturated rings. The van der Waals surface area contributed by atoms with Crippen molar-refractivity contribution in [2.24, 2.45) is 0 Å². The first kappa shape index (κ1) is 25.0. The number of carbonyl (C=O) groups is 2. The number of anilines is 3. The second-order valence-corrected chi connectivity index (χ2v) is 9.44. The predicted molar refractivity (Wildman–Crippen MR) is 143 cm³/mol. The summed E-state index contributed by atoms with van der Waals surface area (Å²) in [4.78, 5) is 36.2. The lowest BCUT2D eigenvalue weighted by Crippen LogP contribution is -2.47. The summed E-state index contributed by atoms with van der Waals surface area (Å²) in [6.45, 7) is 4.58. The molecule has 3 aromatic heterocycles. The molecule has 3 aromatic rings. The van der Waals surface area contributed by atoms with E-state index in [4.69, 9.17) is 4.98 Å². The third-order valence-electron chi connectivity index (χ3n) is 6.81. The van der Waals surface area contributed by atoms with E-state index >= 15 is 0 Å². The molecule has 12 nitrogen and oxygen atoms in total. The van der Waals surface area contributed by atoms with Crippen molar-refractivity contribution in [3.05, 3.63) is 47.4 Å². The molecule has 1 saturated heterocycles. The minimum atomic E-state index is -0.311. The van der Waals surface area contributed by atoms with Gasteiger partial charge in [0, 0.05) is 55.7 Å². The maximum Gasteiger partial charge on any atom is 0.243 e. The molecule has 0 atom stereocenters. The highest BCUT2D eigenvalue weighted by Gasteiger charge is 2.24. The third kappa shape index (κ3) is 5.36. The zero-order valence-electron chi connectivity index (χ0n) is 21.2. The maximum absolute atomic E-state index is 12.0. The molecule has 196 valence electrons. The van der Waals surface area contributed by atoms with Crippen LogP contribution in [0.4, 0.5) is 17.5 Å². The van der Waals surface area contributed by atoms with Crippen LogP contribution in [-0.2, 0) is 9.59 Å². The Morgan fingerprint density at radius 3 is 2.74 bits per heavy atom. The third-order valence-corrected chi connectivity index (χ3v) is 6.81. The topological polar surface area (TPSA) is 144 Å². The number of carbonyl (C=O) groups excluding carboxylic acids is 2. The number of pyridine rings is 1. The predicted octanol–water partition coefficient (Wildman–Crippen LogP) is 1.51. The Morgan fingerprint density at radius 1 is 1.24 bits per heavy atom. The number of rotatable bonds is 9. The number of hydrogen-bond acceptors (Lipinski definition) is 9. The van der Waals surface area contributed by atoms with Gasteiger partial charge in [-0.05, 0) is 44.4 Å². The van der Waals surface area contributed by atoms with Crippen LogP contribution in [0.15, 0.2) is 36.3 Å². The Kier molecular flexibility index (Phi) is 7.35. The van der Waals surface area contributed by atoms with E-state index in [-0.39, 0.29) is 12.5 Å². The number of nitrogens with zero attached hydrogens (tertiary/aromatic N) is 7. The van der Waals surface area contributed by atoms with Gasteiger partial charge in [0.25, 0.3) is 0 Å². The minimum absolute atomic E-state index is 0.0956. The summed E-state index contributed by atoms with van der Waals surface area (Å²) in [5.41, 5.74) is 2.65. The lowest BCUT2D eigenvalue weighted by molar-refractivity contribution is -0.121. The molecule has 1 aliphatic carbocycles. The average molecular weight is 515 g/mol. The molecule has 12 heteroatoms. The fourth-order valence-corrected chi connectivity index (χ4v) is 4.65. The van der Waals surface area contributed by atoms with Crippen molar-refractivity contribution < 1.29 is 9.59 Å². The van der Waals surface area contributed by atoms with Crippen molar-refractivity contribution in [1.82, 2.24) is 30.2 Å². The highest BCUT2D eigenvalue weighted by atomic mass is 16.2. The summed E-state index contributed by atoms with van der Waals surface area (Å²) in [6, 6.07) is 8.26. The maximum atomic E-state index is 12.0. The van der Waals surface area contributed by atoms with Crippen LogP contribution in [-0.4, -0.2) is 70.7 Å². The molecule has 2 aliphatic rings. The first-order valence-corrected chi connectivity index (χ1v) is 12.7. The van der Waals surface area contributed by atoms with Crippen molar-refractivity contribution in [2.75, 3.05) is 47.8 Å². The summed E-state index contributed by atoms with van der Waals surface area (Å²) in [6.07, 6.45) is 9.23. The normalized spacial score (nSPS) is 16.1. The Labute approximate surface area is 220 Å². The number of allylic oxidation sites excluding steroid dienone is 1. The van der Waals surface area contributed by atoms with E-state index in [2.05, 4.69) is 41.9 Å². The SMILES string of the molecule is C/C(=C/c1cnn2c(NC3CCC3)cc(N3CCN(c4ncccc4C#N)CC3)nc12)NC(=O)CNC=O. The van der Waals surface area contributed by atoms with Gasteiger partial charge in [0.15, 0.2) is 5.65 Å². The molecule has 1 saturated carbocycles. The highest BCUT2D eigenvalue weighted by Crippen LogP contribution is 2.28.